The van der Waals surface area contributed by atoms with Gasteiger partial charge in [-0.25, -0.2) is 4.98 Å². The van der Waals surface area contributed by atoms with E-state index in [0.29, 0.717) is 5.82 Å². The lowest BCUT2D eigenvalue weighted by Gasteiger charge is -2.17. The third-order valence-electron chi connectivity index (χ3n) is 4.34. The molecule has 2 N–H and O–H groups in total. The van der Waals surface area contributed by atoms with Gasteiger partial charge in [-0.15, -0.1) is 11.8 Å². The van der Waals surface area contributed by atoms with Gasteiger partial charge in [0, 0.05) is 4.90 Å². The Kier molecular flexibility index (Phi) is 5.14. The van der Waals surface area contributed by atoms with Crippen LogP contribution in [0.15, 0.2) is 95.6 Å². The molecule has 28 heavy (non-hydrogen) atoms. The Morgan fingerprint density at radius 2 is 1.57 bits per heavy atom. The third-order valence-corrected chi connectivity index (χ3v) is 5.62. The zero-order chi connectivity index (χ0) is 19.3. The number of hydrogen-bond acceptors (Lipinski definition) is 4. The van der Waals surface area contributed by atoms with Gasteiger partial charge in [0.1, 0.15) is 17.4 Å². The van der Waals surface area contributed by atoms with Gasteiger partial charge in [-0.05, 0) is 29.8 Å². The smallest absolute Gasteiger partial charge is 0.152 e. The molecule has 1 atom stereocenters. The molecule has 0 amide bonds. The number of hydrogen-bond donors (Lipinski definition) is 2. The second kappa shape index (κ2) is 8.03. The van der Waals surface area contributed by atoms with Crippen LogP contribution in [0.2, 0.25) is 0 Å². The summed E-state index contributed by atoms with van der Waals surface area (Å²) in [5.41, 5.74) is 2.64. The van der Waals surface area contributed by atoms with Crippen molar-refractivity contribution in [3.63, 3.8) is 0 Å². The SMILES string of the molecule is N#CC(=C(O)[C@H](Sc1ccccc1)c1ccccc1)c1nc2ccccc2[nH]1. The van der Waals surface area contributed by atoms with Gasteiger partial charge in [0.2, 0.25) is 0 Å². The number of nitrogens with zero attached hydrogens (tertiary/aromatic N) is 2. The Hall–Kier alpha value is -3.49. The van der Waals surface area contributed by atoms with E-state index in [1.54, 1.807) is 0 Å². The Morgan fingerprint density at radius 3 is 2.25 bits per heavy atom. The summed E-state index contributed by atoms with van der Waals surface area (Å²) in [5.74, 6) is 0.359. The Labute approximate surface area is 167 Å². The number of aliphatic hydroxyl groups is 1. The van der Waals surface area contributed by atoms with Crippen molar-refractivity contribution in [2.75, 3.05) is 0 Å². The molecule has 136 valence electrons. The summed E-state index contributed by atoms with van der Waals surface area (Å²) in [7, 11) is 0. The molecule has 0 radical (unpaired) electrons. The molecule has 0 unspecified atom stereocenters. The van der Waals surface area contributed by atoms with Crippen molar-refractivity contribution in [1.82, 2.24) is 9.97 Å². The van der Waals surface area contributed by atoms with Gasteiger partial charge in [0.25, 0.3) is 0 Å². The number of benzene rings is 3. The van der Waals surface area contributed by atoms with E-state index in [0.717, 1.165) is 21.5 Å². The van der Waals surface area contributed by atoms with E-state index in [2.05, 4.69) is 16.0 Å². The maximum atomic E-state index is 11.1. The topological polar surface area (TPSA) is 72.7 Å². The molecule has 3 aromatic carbocycles. The van der Waals surface area contributed by atoms with E-state index in [1.165, 1.54) is 11.8 Å². The highest BCUT2D eigenvalue weighted by molar-refractivity contribution is 7.99. The number of H-pyrrole nitrogens is 1. The molecular weight excluding hydrogens is 366 g/mol. The summed E-state index contributed by atoms with van der Waals surface area (Å²) >= 11 is 1.49. The van der Waals surface area contributed by atoms with Crippen LogP contribution in [0.1, 0.15) is 16.6 Å². The molecule has 0 aliphatic rings. The number of nitriles is 1. The lowest BCUT2D eigenvalue weighted by atomic mass is 10.1. The van der Waals surface area contributed by atoms with Crippen molar-refractivity contribution in [3.05, 3.63) is 102 Å². The van der Waals surface area contributed by atoms with Crippen molar-refractivity contribution in [2.45, 2.75) is 10.1 Å². The minimum absolute atomic E-state index is 0.0124. The molecule has 4 aromatic rings. The van der Waals surface area contributed by atoms with Crippen LogP contribution in [-0.2, 0) is 0 Å². The first kappa shape index (κ1) is 17.9. The molecule has 0 saturated carbocycles. The van der Waals surface area contributed by atoms with Crippen LogP contribution in [0.3, 0.4) is 0 Å². The third kappa shape index (κ3) is 3.64. The Morgan fingerprint density at radius 1 is 0.929 bits per heavy atom. The average Bonchev–Trinajstić information content (AvgIpc) is 3.17. The fraction of sp³-hybridized carbons (Fsp3) is 0.0435. The summed E-state index contributed by atoms with van der Waals surface area (Å²) < 4.78 is 0. The summed E-state index contributed by atoms with van der Waals surface area (Å²) in [5, 5.41) is 20.5. The van der Waals surface area contributed by atoms with Crippen molar-refractivity contribution < 1.29 is 5.11 Å². The van der Waals surface area contributed by atoms with Crippen molar-refractivity contribution in [1.29, 1.82) is 5.26 Å². The molecular formula is C23H17N3OS. The minimum atomic E-state index is -0.425. The minimum Gasteiger partial charge on any atom is -0.509 e. The highest BCUT2D eigenvalue weighted by Gasteiger charge is 2.24. The van der Waals surface area contributed by atoms with Gasteiger partial charge in [0.05, 0.1) is 16.3 Å². The normalized spacial score (nSPS) is 13.0. The number of nitrogens with one attached hydrogen (secondary N) is 1. The van der Waals surface area contributed by atoms with Crippen molar-refractivity contribution in [3.8, 4) is 6.07 Å². The molecule has 1 heterocycles. The molecule has 0 saturated heterocycles. The standard InChI is InChI=1S/C23H17N3OS/c24-15-18(23-25-19-13-7-8-14-20(19)26-23)21(27)22(16-9-3-1-4-10-16)28-17-11-5-2-6-12-17/h1-14,22,27H,(H,25,26)/t22-/m1/s1. The summed E-state index contributed by atoms with van der Waals surface area (Å²) in [4.78, 5) is 8.62. The fourth-order valence-corrected chi connectivity index (χ4v) is 4.09. The van der Waals surface area contributed by atoms with E-state index in [9.17, 15) is 10.4 Å². The number of fused-ring (bicyclic) bond motifs is 1. The number of aromatic nitrogens is 2. The molecule has 0 aliphatic carbocycles. The van der Waals surface area contributed by atoms with E-state index >= 15 is 0 Å². The van der Waals surface area contributed by atoms with Crippen LogP contribution in [-0.4, -0.2) is 15.1 Å². The maximum Gasteiger partial charge on any atom is 0.152 e. The second-order valence-electron chi connectivity index (χ2n) is 6.20. The van der Waals surface area contributed by atoms with Gasteiger partial charge >= 0.3 is 0 Å². The van der Waals surface area contributed by atoms with E-state index in [-0.39, 0.29) is 11.3 Å². The van der Waals surface area contributed by atoms with E-state index in [4.69, 9.17) is 0 Å². The number of thioether (sulfide) groups is 1. The zero-order valence-corrected chi connectivity index (χ0v) is 15.7. The summed E-state index contributed by atoms with van der Waals surface area (Å²) in [6.45, 7) is 0. The largest absolute Gasteiger partial charge is 0.509 e. The molecule has 0 bridgehead atoms. The predicted octanol–water partition coefficient (Wildman–Crippen LogP) is 5.89. The molecule has 4 nitrogen and oxygen atoms in total. The predicted molar refractivity (Wildman–Crippen MR) is 113 cm³/mol. The van der Waals surface area contributed by atoms with Gasteiger partial charge in [0.15, 0.2) is 5.82 Å². The molecule has 0 fully saturated rings. The fourth-order valence-electron chi connectivity index (χ4n) is 2.98. The average molecular weight is 383 g/mol. The highest BCUT2D eigenvalue weighted by atomic mass is 32.2. The molecule has 5 heteroatoms. The van der Waals surface area contributed by atoms with Gasteiger partial charge in [-0.1, -0.05) is 60.7 Å². The van der Waals surface area contributed by atoms with E-state index in [1.807, 2.05) is 84.9 Å². The summed E-state index contributed by atoms with van der Waals surface area (Å²) in [6, 6.07) is 29.2. The number of para-hydroxylation sites is 2. The van der Waals surface area contributed by atoms with Gasteiger partial charge < -0.3 is 10.1 Å². The first-order valence-corrected chi connectivity index (χ1v) is 9.69. The first-order valence-electron chi connectivity index (χ1n) is 8.81. The van der Waals surface area contributed by atoms with E-state index < -0.39 is 5.25 Å². The Balaban J connectivity index is 1.81. The van der Waals surface area contributed by atoms with Gasteiger partial charge in [-0.3, -0.25) is 0 Å². The molecule has 1 aromatic heterocycles. The quantitative estimate of drug-likeness (QED) is 0.256. The Bertz CT molecular complexity index is 1130. The number of aromatic amines is 1. The van der Waals surface area contributed by atoms with Crippen LogP contribution in [0.4, 0.5) is 0 Å². The number of rotatable bonds is 5. The van der Waals surface area contributed by atoms with Gasteiger partial charge in [-0.2, -0.15) is 5.26 Å². The summed E-state index contributed by atoms with van der Waals surface area (Å²) in [6.07, 6.45) is 0. The lowest BCUT2D eigenvalue weighted by molar-refractivity contribution is 0.399. The number of imidazole rings is 1. The second-order valence-corrected chi connectivity index (χ2v) is 7.37. The van der Waals surface area contributed by atoms with Crippen LogP contribution >= 0.6 is 11.8 Å². The van der Waals surface area contributed by atoms with Crippen LogP contribution < -0.4 is 0 Å². The lowest BCUT2D eigenvalue weighted by Crippen LogP contribution is -2.02. The monoisotopic (exact) mass is 383 g/mol. The number of aliphatic hydroxyl groups excluding tert-OH is 1. The zero-order valence-electron chi connectivity index (χ0n) is 14.9. The molecule has 0 spiro atoms. The number of allylic oxidation sites excluding steroid dienone is 1. The van der Waals surface area contributed by atoms with Crippen LogP contribution in [0.5, 0.6) is 0 Å². The van der Waals surface area contributed by atoms with Crippen LogP contribution in [0.25, 0.3) is 16.6 Å². The molecule has 4 rings (SSSR count). The molecule has 0 aliphatic heterocycles. The highest BCUT2D eigenvalue weighted by Crippen LogP contribution is 2.41. The first-order chi connectivity index (χ1) is 13.8. The van der Waals surface area contributed by atoms with Crippen molar-refractivity contribution in [2.24, 2.45) is 0 Å². The maximum absolute atomic E-state index is 11.1. The van der Waals surface area contributed by atoms with Crippen molar-refractivity contribution >= 4 is 28.4 Å². The van der Waals surface area contributed by atoms with Crippen LogP contribution in [0, 0.1) is 11.3 Å².